The molecule has 1 atom stereocenters. The van der Waals surface area contributed by atoms with Crippen LogP contribution in [0.15, 0.2) is 42.6 Å². The molecule has 2 aliphatic heterocycles. The van der Waals surface area contributed by atoms with E-state index in [1.165, 1.54) is 6.42 Å². The lowest BCUT2D eigenvalue weighted by molar-refractivity contribution is -0.136. The number of carbonyl (C=O) groups is 2. The van der Waals surface area contributed by atoms with Crippen molar-refractivity contribution in [1.82, 2.24) is 14.8 Å². The van der Waals surface area contributed by atoms with Crippen molar-refractivity contribution in [3.8, 4) is 0 Å². The van der Waals surface area contributed by atoms with Crippen LogP contribution in [0.25, 0.3) is 0 Å². The van der Waals surface area contributed by atoms with E-state index in [-0.39, 0.29) is 11.8 Å². The fourth-order valence-electron chi connectivity index (χ4n) is 5.00. The Kier molecular flexibility index (Phi) is 6.70. The average Bonchev–Trinajstić information content (AvgIpc) is 2.84. The van der Waals surface area contributed by atoms with Gasteiger partial charge in [0.05, 0.1) is 16.4 Å². The van der Waals surface area contributed by atoms with Crippen molar-refractivity contribution >= 4 is 29.1 Å². The van der Waals surface area contributed by atoms with Crippen molar-refractivity contribution in [3.05, 3.63) is 58.9 Å². The van der Waals surface area contributed by atoms with Crippen LogP contribution < -0.4 is 4.90 Å². The third-order valence-electron chi connectivity index (χ3n) is 6.64. The van der Waals surface area contributed by atoms with E-state index in [0.29, 0.717) is 30.1 Å². The number of hydrogen-bond acceptors (Lipinski definition) is 4. The van der Waals surface area contributed by atoms with Crippen molar-refractivity contribution in [2.75, 3.05) is 45.2 Å². The van der Waals surface area contributed by atoms with Gasteiger partial charge in [-0.15, -0.1) is 0 Å². The number of pyridine rings is 1. The molecule has 0 N–H and O–H groups in total. The van der Waals surface area contributed by atoms with Gasteiger partial charge in [-0.1, -0.05) is 17.7 Å². The molecule has 2 aromatic rings. The number of piperidine rings is 2. The van der Waals surface area contributed by atoms with Crippen molar-refractivity contribution in [2.24, 2.45) is 0 Å². The second-order valence-corrected chi connectivity index (χ2v) is 9.45. The minimum absolute atomic E-state index is 0.0150. The zero-order valence-corrected chi connectivity index (χ0v) is 19.6. The monoisotopic (exact) mass is 454 g/mol. The van der Waals surface area contributed by atoms with Gasteiger partial charge in [0.25, 0.3) is 5.91 Å². The van der Waals surface area contributed by atoms with Crippen LogP contribution in [0, 0.1) is 0 Å². The molecule has 0 spiro atoms. The van der Waals surface area contributed by atoms with Crippen LogP contribution in [0.4, 0.5) is 5.69 Å². The van der Waals surface area contributed by atoms with Crippen molar-refractivity contribution in [2.45, 2.75) is 37.5 Å². The molecular formula is C25H31ClN4O2. The van der Waals surface area contributed by atoms with Crippen LogP contribution in [-0.4, -0.2) is 66.9 Å². The molecule has 1 aromatic heterocycles. The molecule has 1 aromatic carbocycles. The third-order valence-corrected chi connectivity index (χ3v) is 6.96. The number of halogens is 1. The Morgan fingerprint density at radius 1 is 1.03 bits per heavy atom. The number of carbonyl (C=O) groups excluding carboxylic acids is 2. The standard InChI is InChI=1S/C25H31ClN4O2/c1-28(2)24(32)25(22-9-4-5-13-27-22)12-8-16-30(18-25)23(31)19-10-11-20(26)21(17-19)29-14-6-3-7-15-29/h4-5,9-11,13,17H,3,6-8,12,14-16,18H2,1-2H3/t25-/m0/s1. The van der Waals surface area contributed by atoms with Gasteiger partial charge in [-0.25, -0.2) is 0 Å². The van der Waals surface area contributed by atoms with E-state index in [1.807, 2.05) is 35.2 Å². The zero-order valence-electron chi connectivity index (χ0n) is 18.9. The fraction of sp³-hybridized carbons (Fsp3) is 0.480. The number of anilines is 1. The third kappa shape index (κ3) is 4.33. The number of likely N-dealkylation sites (N-methyl/N-ethyl adjacent to an activating group) is 1. The second kappa shape index (κ2) is 9.49. The Labute approximate surface area is 195 Å². The molecule has 170 valence electrons. The summed E-state index contributed by atoms with van der Waals surface area (Å²) in [5, 5.41) is 0.674. The van der Waals surface area contributed by atoms with E-state index >= 15 is 0 Å². The predicted molar refractivity (Wildman–Crippen MR) is 127 cm³/mol. The first-order valence-electron chi connectivity index (χ1n) is 11.4. The van der Waals surface area contributed by atoms with Gasteiger partial charge >= 0.3 is 0 Å². The van der Waals surface area contributed by atoms with Gasteiger partial charge in [0, 0.05) is 52.0 Å². The highest BCUT2D eigenvalue weighted by Crippen LogP contribution is 2.36. The van der Waals surface area contributed by atoms with Crippen LogP contribution >= 0.6 is 11.6 Å². The molecule has 6 nitrogen and oxygen atoms in total. The lowest BCUT2D eigenvalue weighted by atomic mass is 9.75. The number of hydrogen-bond donors (Lipinski definition) is 0. The van der Waals surface area contributed by atoms with Crippen molar-refractivity contribution in [3.63, 3.8) is 0 Å². The highest BCUT2D eigenvalue weighted by Gasteiger charge is 2.47. The maximum absolute atomic E-state index is 13.6. The lowest BCUT2D eigenvalue weighted by Gasteiger charge is -2.42. The summed E-state index contributed by atoms with van der Waals surface area (Å²) in [6.07, 6.45) is 6.64. The summed E-state index contributed by atoms with van der Waals surface area (Å²) in [7, 11) is 3.52. The molecule has 0 aliphatic carbocycles. The maximum Gasteiger partial charge on any atom is 0.253 e. The summed E-state index contributed by atoms with van der Waals surface area (Å²) in [4.78, 5) is 37.1. The van der Waals surface area contributed by atoms with E-state index in [9.17, 15) is 9.59 Å². The molecule has 0 unspecified atom stereocenters. The average molecular weight is 455 g/mol. The molecule has 0 saturated carbocycles. The first-order valence-corrected chi connectivity index (χ1v) is 11.8. The van der Waals surface area contributed by atoms with E-state index in [2.05, 4.69) is 9.88 Å². The second-order valence-electron chi connectivity index (χ2n) is 9.04. The van der Waals surface area contributed by atoms with E-state index in [0.717, 1.165) is 43.7 Å². The van der Waals surface area contributed by atoms with Crippen LogP contribution in [0.2, 0.25) is 5.02 Å². The Morgan fingerprint density at radius 3 is 2.50 bits per heavy atom. The van der Waals surface area contributed by atoms with Gasteiger partial charge in [-0.05, 0) is 62.4 Å². The predicted octanol–water partition coefficient (Wildman–Crippen LogP) is 3.99. The zero-order chi connectivity index (χ0) is 22.7. The van der Waals surface area contributed by atoms with Crippen LogP contribution in [0.1, 0.15) is 48.2 Å². The number of benzene rings is 1. The first-order chi connectivity index (χ1) is 15.4. The lowest BCUT2D eigenvalue weighted by Crippen LogP contribution is -2.56. The molecule has 2 saturated heterocycles. The summed E-state index contributed by atoms with van der Waals surface area (Å²) in [5.74, 6) is -0.0784. The number of likely N-dealkylation sites (tertiary alicyclic amines) is 1. The molecule has 2 amide bonds. The summed E-state index contributed by atoms with van der Waals surface area (Å²) < 4.78 is 0. The molecule has 4 rings (SSSR count). The highest BCUT2D eigenvalue weighted by molar-refractivity contribution is 6.33. The summed E-state index contributed by atoms with van der Waals surface area (Å²) in [5.41, 5.74) is 1.43. The summed E-state index contributed by atoms with van der Waals surface area (Å²) >= 11 is 6.50. The molecule has 7 heteroatoms. The molecule has 2 fully saturated rings. The Hall–Kier alpha value is -2.60. The SMILES string of the molecule is CN(C)C(=O)[C@@]1(c2ccccn2)CCCN(C(=O)c2ccc(Cl)c(N3CCCCC3)c2)C1. The van der Waals surface area contributed by atoms with Crippen LogP contribution in [0.3, 0.4) is 0 Å². The Balaban J connectivity index is 1.64. The van der Waals surface area contributed by atoms with Gasteiger partial charge < -0.3 is 14.7 Å². The molecule has 32 heavy (non-hydrogen) atoms. The Bertz CT molecular complexity index is 975. The highest BCUT2D eigenvalue weighted by atomic mass is 35.5. The number of amides is 2. The minimum Gasteiger partial charge on any atom is -0.370 e. The largest absolute Gasteiger partial charge is 0.370 e. The van der Waals surface area contributed by atoms with Crippen molar-refractivity contribution < 1.29 is 9.59 Å². The van der Waals surface area contributed by atoms with E-state index in [4.69, 9.17) is 11.6 Å². The summed E-state index contributed by atoms with van der Waals surface area (Å²) in [6.45, 7) is 2.86. The van der Waals surface area contributed by atoms with Gasteiger partial charge in [0.2, 0.25) is 5.91 Å². The first kappa shape index (κ1) is 22.6. The number of nitrogens with zero attached hydrogens (tertiary/aromatic N) is 4. The Morgan fingerprint density at radius 2 is 1.81 bits per heavy atom. The normalized spacial score (nSPS) is 21.3. The van der Waals surface area contributed by atoms with Crippen LogP contribution in [0.5, 0.6) is 0 Å². The molecule has 3 heterocycles. The van der Waals surface area contributed by atoms with E-state index < -0.39 is 5.41 Å². The van der Waals surface area contributed by atoms with Gasteiger partial charge in [-0.2, -0.15) is 0 Å². The fourth-order valence-corrected chi connectivity index (χ4v) is 5.24. The van der Waals surface area contributed by atoms with Crippen molar-refractivity contribution in [1.29, 1.82) is 0 Å². The van der Waals surface area contributed by atoms with E-state index in [1.54, 1.807) is 31.3 Å². The minimum atomic E-state index is -0.833. The topological polar surface area (TPSA) is 56.8 Å². The van der Waals surface area contributed by atoms with Gasteiger partial charge in [-0.3, -0.25) is 14.6 Å². The quantitative estimate of drug-likeness (QED) is 0.701. The number of aromatic nitrogens is 1. The van der Waals surface area contributed by atoms with Gasteiger partial charge in [0.15, 0.2) is 0 Å². The molecule has 0 bridgehead atoms. The number of rotatable bonds is 4. The molecule has 2 aliphatic rings. The maximum atomic E-state index is 13.6. The molecule has 0 radical (unpaired) electrons. The smallest absolute Gasteiger partial charge is 0.253 e. The van der Waals surface area contributed by atoms with Gasteiger partial charge in [0.1, 0.15) is 5.41 Å². The summed E-state index contributed by atoms with van der Waals surface area (Å²) in [6, 6.07) is 11.2. The van der Waals surface area contributed by atoms with Crippen LogP contribution in [-0.2, 0) is 10.2 Å². The molecular weight excluding hydrogens is 424 g/mol.